The molecule has 3 nitrogen and oxygen atoms in total. The van der Waals surface area contributed by atoms with Gasteiger partial charge >= 0.3 is 5.97 Å². The first-order chi connectivity index (χ1) is 7.63. The molecule has 0 heterocycles. The van der Waals surface area contributed by atoms with Gasteiger partial charge in [0.25, 0.3) is 0 Å². The fraction of sp³-hybridized carbons (Fsp3) is 0.231. The molecule has 0 aromatic heterocycles. The van der Waals surface area contributed by atoms with Gasteiger partial charge in [0, 0.05) is 12.5 Å². The Kier molecular flexibility index (Phi) is 4.45. The fourth-order valence-corrected chi connectivity index (χ4v) is 1.49. The first kappa shape index (κ1) is 12.2. The van der Waals surface area contributed by atoms with E-state index in [0.29, 0.717) is 12.8 Å². The molecule has 0 aliphatic carbocycles. The molecular formula is C13H14O3. The molecule has 0 aliphatic rings. The van der Waals surface area contributed by atoms with Gasteiger partial charge in [-0.15, -0.1) is 0 Å². The Hall–Kier alpha value is -1.90. The maximum atomic E-state index is 10.4. The van der Waals surface area contributed by atoms with Crippen LogP contribution in [0.3, 0.4) is 0 Å². The van der Waals surface area contributed by atoms with Crippen LogP contribution in [0.25, 0.3) is 6.08 Å². The highest BCUT2D eigenvalue weighted by Gasteiger charge is 2.00. The Morgan fingerprint density at radius 1 is 1.44 bits per heavy atom. The van der Waals surface area contributed by atoms with E-state index in [0.717, 1.165) is 29.1 Å². The van der Waals surface area contributed by atoms with Crippen molar-refractivity contribution < 1.29 is 14.7 Å². The monoisotopic (exact) mass is 218 g/mol. The molecule has 0 bridgehead atoms. The minimum Gasteiger partial charge on any atom is -0.478 e. The predicted molar refractivity (Wildman–Crippen MR) is 62.2 cm³/mol. The minimum atomic E-state index is -0.970. The lowest BCUT2D eigenvalue weighted by molar-refractivity contribution is -0.131. The van der Waals surface area contributed by atoms with Crippen LogP contribution in [0.4, 0.5) is 0 Å². The van der Waals surface area contributed by atoms with Gasteiger partial charge in [-0.05, 0) is 30.5 Å². The van der Waals surface area contributed by atoms with Gasteiger partial charge in [-0.3, -0.25) is 0 Å². The van der Waals surface area contributed by atoms with Crippen molar-refractivity contribution in [3.05, 3.63) is 41.0 Å². The number of aryl methyl sites for hydroxylation is 2. The van der Waals surface area contributed by atoms with Gasteiger partial charge in [-0.1, -0.05) is 23.8 Å². The molecule has 1 aromatic rings. The van der Waals surface area contributed by atoms with Crippen molar-refractivity contribution in [2.45, 2.75) is 19.8 Å². The van der Waals surface area contributed by atoms with Crippen LogP contribution in [0.1, 0.15) is 23.1 Å². The second kappa shape index (κ2) is 5.85. The van der Waals surface area contributed by atoms with Gasteiger partial charge in [0.05, 0.1) is 0 Å². The van der Waals surface area contributed by atoms with Crippen LogP contribution < -0.4 is 0 Å². The van der Waals surface area contributed by atoms with Crippen LogP contribution in [0.15, 0.2) is 24.3 Å². The van der Waals surface area contributed by atoms with Gasteiger partial charge in [0.2, 0.25) is 0 Å². The van der Waals surface area contributed by atoms with Gasteiger partial charge in [-0.2, -0.15) is 0 Å². The predicted octanol–water partition coefficient (Wildman–Crippen LogP) is 2.22. The van der Waals surface area contributed by atoms with Gasteiger partial charge in [-0.25, -0.2) is 4.79 Å². The van der Waals surface area contributed by atoms with E-state index in [9.17, 15) is 9.59 Å². The summed E-state index contributed by atoms with van der Waals surface area (Å²) in [5, 5.41) is 8.55. The van der Waals surface area contributed by atoms with Crippen molar-refractivity contribution in [1.82, 2.24) is 0 Å². The summed E-state index contributed by atoms with van der Waals surface area (Å²) in [6, 6.07) is 5.77. The highest BCUT2D eigenvalue weighted by Crippen LogP contribution is 2.15. The summed E-state index contributed by atoms with van der Waals surface area (Å²) < 4.78 is 0. The Bertz CT molecular complexity index is 419. The molecule has 0 amide bonds. The summed E-state index contributed by atoms with van der Waals surface area (Å²) in [7, 11) is 0. The van der Waals surface area contributed by atoms with E-state index in [-0.39, 0.29) is 0 Å². The number of hydrogen-bond acceptors (Lipinski definition) is 2. The van der Waals surface area contributed by atoms with E-state index >= 15 is 0 Å². The summed E-state index contributed by atoms with van der Waals surface area (Å²) in [5.74, 6) is -0.970. The van der Waals surface area contributed by atoms with Crippen LogP contribution in [-0.2, 0) is 16.0 Å². The quantitative estimate of drug-likeness (QED) is 0.609. The first-order valence-corrected chi connectivity index (χ1v) is 5.07. The zero-order valence-corrected chi connectivity index (χ0v) is 9.14. The number of rotatable bonds is 5. The summed E-state index contributed by atoms with van der Waals surface area (Å²) in [4.78, 5) is 20.8. The number of carbonyl (C=O) groups is 2. The number of benzene rings is 1. The van der Waals surface area contributed by atoms with E-state index in [1.807, 2.05) is 25.1 Å². The third kappa shape index (κ3) is 3.69. The SMILES string of the molecule is Cc1ccc(/C=C/C(=O)O)c(CCC=O)c1. The molecule has 1 N–H and O–H groups in total. The summed E-state index contributed by atoms with van der Waals surface area (Å²) in [5.41, 5.74) is 2.97. The van der Waals surface area contributed by atoms with Gasteiger partial charge in [0.15, 0.2) is 0 Å². The van der Waals surface area contributed by atoms with Crippen molar-refractivity contribution >= 4 is 18.3 Å². The molecule has 16 heavy (non-hydrogen) atoms. The maximum absolute atomic E-state index is 10.4. The third-order valence-electron chi connectivity index (χ3n) is 2.24. The average Bonchev–Trinajstić information content (AvgIpc) is 2.24. The Labute approximate surface area is 94.4 Å². The molecule has 0 unspecified atom stereocenters. The van der Waals surface area contributed by atoms with Crippen LogP contribution in [-0.4, -0.2) is 17.4 Å². The number of carboxylic acids is 1. The van der Waals surface area contributed by atoms with Crippen molar-refractivity contribution in [2.75, 3.05) is 0 Å². The lowest BCUT2D eigenvalue weighted by Crippen LogP contribution is -1.93. The van der Waals surface area contributed by atoms with Crippen molar-refractivity contribution in [2.24, 2.45) is 0 Å². The van der Waals surface area contributed by atoms with Gasteiger partial charge in [0.1, 0.15) is 6.29 Å². The molecule has 0 saturated carbocycles. The van der Waals surface area contributed by atoms with Crippen molar-refractivity contribution in [3.8, 4) is 0 Å². The van der Waals surface area contributed by atoms with Crippen LogP contribution in [0.2, 0.25) is 0 Å². The standard InChI is InChI=1S/C13H14O3/c1-10-4-5-11(6-7-13(15)16)12(9-10)3-2-8-14/h4-9H,2-3H2,1H3,(H,15,16)/b7-6+. The molecule has 0 spiro atoms. The van der Waals surface area contributed by atoms with E-state index in [1.54, 1.807) is 6.08 Å². The second-order valence-corrected chi connectivity index (χ2v) is 3.58. The Balaban J connectivity index is 2.97. The number of carbonyl (C=O) groups excluding carboxylic acids is 1. The molecule has 0 saturated heterocycles. The zero-order chi connectivity index (χ0) is 12.0. The number of aldehydes is 1. The highest BCUT2D eigenvalue weighted by molar-refractivity contribution is 5.85. The molecular weight excluding hydrogens is 204 g/mol. The van der Waals surface area contributed by atoms with Crippen LogP contribution >= 0.6 is 0 Å². The molecule has 0 radical (unpaired) electrons. The lowest BCUT2D eigenvalue weighted by Gasteiger charge is -2.05. The molecule has 1 aromatic carbocycles. The molecule has 84 valence electrons. The highest BCUT2D eigenvalue weighted by atomic mass is 16.4. The second-order valence-electron chi connectivity index (χ2n) is 3.58. The minimum absolute atomic E-state index is 0.456. The third-order valence-corrected chi connectivity index (χ3v) is 2.24. The van der Waals surface area contributed by atoms with Crippen LogP contribution in [0.5, 0.6) is 0 Å². The van der Waals surface area contributed by atoms with Crippen molar-refractivity contribution in [1.29, 1.82) is 0 Å². The summed E-state index contributed by atoms with van der Waals surface area (Å²) >= 11 is 0. The molecule has 1 rings (SSSR count). The summed E-state index contributed by atoms with van der Waals surface area (Å²) in [6.45, 7) is 1.97. The normalized spacial score (nSPS) is 10.6. The molecule has 0 fully saturated rings. The number of hydrogen-bond donors (Lipinski definition) is 1. The number of carboxylic acid groups (broad SMARTS) is 1. The van der Waals surface area contributed by atoms with E-state index < -0.39 is 5.97 Å². The number of aliphatic carboxylic acids is 1. The summed E-state index contributed by atoms with van der Waals surface area (Å²) in [6.07, 6.45) is 4.63. The smallest absolute Gasteiger partial charge is 0.328 e. The molecule has 0 aliphatic heterocycles. The topological polar surface area (TPSA) is 54.4 Å². The van der Waals surface area contributed by atoms with Gasteiger partial charge < -0.3 is 9.90 Å². The Morgan fingerprint density at radius 2 is 2.19 bits per heavy atom. The molecule has 0 atom stereocenters. The Morgan fingerprint density at radius 3 is 2.81 bits per heavy atom. The van der Waals surface area contributed by atoms with Crippen molar-refractivity contribution in [3.63, 3.8) is 0 Å². The lowest BCUT2D eigenvalue weighted by atomic mass is 10.0. The fourth-order valence-electron chi connectivity index (χ4n) is 1.49. The van der Waals surface area contributed by atoms with Crippen LogP contribution in [0, 0.1) is 6.92 Å². The van der Waals surface area contributed by atoms with E-state index in [2.05, 4.69) is 0 Å². The average molecular weight is 218 g/mol. The largest absolute Gasteiger partial charge is 0.478 e. The zero-order valence-electron chi connectivity index (χ0n) is 9.14. The maximum Gasteiger partial charge on any atom is 0.328 e. The molecule has 3 heteroatoms. The van der Waals surface area contributed by atoms with E-state index in [4.69, 9.17) is 5.11 Å². The first-order valence-electron chi connectivity index (χ1n) is 5.07. The van der Waals surface area contributed by atoms with E-state index in [1.165, 1.54) is 0 Å².